The van der Waals surface area contributed by atoms with Gasteiger partial charge in [-0.05, 0) is 84.1 Å². The lowest BCUT2D eigenvalue weighted by molar-refractivity contribution is 0.102. The fraction of sp³-hybridized carbons (Fsp3) is 0.208. The van der Waals surface area contributed by atoms with E-state index in [0.29, 0.717) is 32.3 Å². The molecule has 4 heterocycles. The molecule has 0 saturated heterocycles. The third-order valence-electron chi connectivity index (χ3n) is 5.24. The number of hydrogen-bond acceptors (Lipinski definition) is 8. The van der Waals surface area contributed by atoms with Crippen molar-refractivity contribution in [1.82, 2.24) is 15.0 Å². The molecule has 10 heteroatoms. The van der Waals surface area contributed by atoms with Gasteiger partial charge in [-0.3, -0.25) is 9.78 Å². The highest BCUT2D eigenvalue weighted by molar-refractivity contribution is 9.10. The molecule has 0 radical (unpaired) electrons. The minimum atomic E-state index is -0.159. The first-order valence-electron chi connectivity index (χ1n) is 10.7. The molecule has 4 aromatic heterocycles. The van der Waals surface area contributed by atoms with E-state index >= 15 is 0 Å². The number of carbonyl (C=O) groups is 1. The predicted molar refractivity (Wildman–Crippen MR) is 138 cm³/mol. The highest BCUT2D eigenvalue weighted by atomic mass is 79.9. The summed E-state index contributed by atoms with van der Waals surface area (Å²) < 4.78 is 6.76. The van der Waals surface area contributed by atoms with Gasteiger partial charge in [0.05, 0.1) is 28.1 Å². The van der Waals surface area contributed by atoms with Crippen LogP contribution in [0.5, 0.6) is 0 Å². The molecule has 172 valence electrons. The fourth-order valence-corrected chi connectivity index (χ4v) is 6.23. The Morgan fingerprint density at radius 3 is 3.00 bits per heavy atom. The Hall–Kier alpha value is -2.82. The highest BCUT2D eigenvalue weighted by Gasteiger charge is 2.25. The summed E-state index contributed by atoms with van der Waals surface area (Å²) in [4.78, 5) is 31.9. The third kappa shape index (κ3) is 5.13. The first-order chi connectivity index (χ1) is 16.6. The maximum atomic E-state index is 13.2. The number of aromatic nitrogens is 3. The zero-order chi connectivity index (χ0) is 23.5. The van der Waals surface area contributed by atoms with Crippen LogP contribution in [-0.2, 0) is 12.8 Å². The number of furan rings is 1. The van der Waals surface area contributed by atoms with Crippen LogP contribution >= 0.6 is 39.0 Å². The fourth-order valence-electron chi connectivity index (χ4n) is 3.69. The Bertz CT molecular complexity index is 1370. The van der Waals surface area contributed by atoms with Gasteiger partial charge in [-0.15, -0.1) is 11.3 Å². The molecule has 0 unspecified atom stereocenters. The summed E-state index contributed by atoms with van der Waals surface area (Å²) in [5, 5.41) is 4.91. The summed E-state index contributed by atoms with van der Waals surface area (Å²) in [6.07, 6.45) is 10.8. The number of carbonyl (C=O) groups excluding carboxylic acids is 1. The minimum absolute atomic E-state index is 0.159. The third-order valence-corrected chi connectivity index (χ3v) is 8.16. The van der Waals surface area contributed by atoms with E-state index in [0.717, 1.165) is 41.4 Å². The molecule has 1 amide bonds. The lowest BCUT2D eigenvalue weighted by atomic mass is 9.95. The van der Waals surface area contributed by atoms with Gasteiger partial charge in [0, 0.05) is 29.0 Å². The second kappa shape index (κ2) is 10.2. The smallest absolute Gasteiger partial charge is 0.259 e. The maximum Gasteiger partial charge on any atom is 0.259 e. The van der Waals surface area contributed by atoms with Crippen LogP contribution in [0.2, 0.25) is 0 Å². The number of anilines is 1. The van der Waals surface area contributed by atoms with Crippen LogP contribution in [0.1, 0.15) is 45.1 Å². The summed E-state index contributed by atoms with van der Waals surface area (Å²) >= 11 is 6.46. The van der Waals surface area contributed by atoms with Crippen molar-refractivity contribution in [2.75, 3.05) is 5.32 Å². The Balaban J connectivity index is 1.41. The summed E-state index contributed by atoms with van der Waals surface area (Å²) in [6, 6.07) is 7.32. The molecule has 4 aromatic rings. The molecule has 1 aliphatic rings. The molecule has 1 N–H and O–H groups in total. The molecule has 0 spiro atoms. The standard InChI is InChI=1S/C24H20BrN5O2S2/c1-14-8-10-27-24(29-14)34-23-18(25)11-16(32-23)13-28-22-20(17-6-2-3-7-19(17)33-22)21(31)30-15-5-4-9-26-12-15/h4-5,8-13H,2-3,6-7H2,1H3,(H,30,31). The van der Waals surface area contributed by atoms with E-state index in [-0.39, 0.29) is 5.91 Å². The van der Waals surface area contributed by atoms with Crippen molar-refractivity contribution >= 4 is 61.8 Å². The lowest BCUT2D eigenvalue weighted by Crippen LogP contribution is -2.14. The highest BCUT2D eigenvalue weighted by Crippen LogP contribution is 2.40. The van der Waals surface area contributed by atoms with Crippen molar-refractivity contribution in [3.63, 3.8) is 0 Å². The second-order valence-corrected chi connectivity index (χ2v) is 10.6. The van der Waals surface area contributed by atoms with E-state index in [1.807, 2.05) is 25.1 Å². The van der Waals surface area contributed by atoms with E-state index in [1.54, 1.807) is 42.2 Å². The largest absolute Gasteiger partial charge is 0.447 e. The van der Waals surface area contributed by atoms with Crippen LogP contribution in [-0.4, -0.2) is 27.1 Å². The van der Waals surface area contributed by atoms with Gasteiger partial charge in [0.25, 0.3) is 5.91 Å². The van der Waals surface area contributed by atoms with Crippen LogP contribution in [0.25, 0.3) is 0 Å². The van der Waals surface area contributed by atoms with Crippen molar-refractivity contribution in [2.24, 2.45) is 4.99 Å². The molecular formula is C24H20BrN5O2S2. The molecule has 0 aromatic carbocycles. The number of aryl methyl sites for hydroxylation is 2. The number of thiophene rings is 1. The molecule has 34 heavy (non-hydrogen) atoms. The normalized spacial score (nSPS) is 13.2. The van der Waals surface area contributed by atoms with Crippen LogP contribution in [0, 0.1) is 6.92 Å². The molecule has 5 rings (SSSR count). The van der Waals surface area contributed by atoms with Crippen LogP contribution in [0.15, 0.2) is 67.0 Å². The maximum absolute atomic E-state index is 13.2. The van der Waals surface area contributed by atoms with Crippen LogP contribution in [0.4, 0.5) is 10.7 Å². The van der Waals surface area contributed by atoms with Crippen molar-refractivity contribution in [3.05, 3.63) is 74.8 Å². The molecular weight excluding hydrogens is 534 g/mol. The summed E-state index contributed by atoms with van der Waals surface area (Å²) in [5.41, 5.74) is 3.31. The van der Waals surface area contributed by atoms with Gasteiger partial charge in [-0.25, -0.2) is 15.0 Å². The Morgan fingerprint density at radius 1 is 1.29 bits per heavy atom. The number of fused-ring (bicyclic) bond motifs is 1. The van der Waals surface area contributed by atoms with Gasteiger partial charge in [0.15, 0.2) is 10.2 Å². The van der Waals surface area contributed by atoms with E-state index in [9.17, 15) is 4.79 Å². The number of amides is 1. The number of rotatable bonds is 6. The van der Waals surface area contributed by atoms with Gasteiger partial charge in [-0.2, -0.15) is 0 Å². The first kappa shape index (κ1) is 22.9. The van der Waals surface area contributed by atoms with Gasteiger partial charge in [0.2, 0.25) is 0 Å². The summed E-state index contributed by atoms with van der Waals surface area (Å²) in [7, 11) is 0. The van der Waals surface area contributed by atoms with Gasteiger partial charge in [-0.1, -0.05) is 0 Å². The molecule has 0 fully saturated rings. The number of nitrogens with zero attached hydrogens (tertiary/aromatic N) is 4. The second-order valence-electron chi connectivity index (χ2n) is 7.71. The average molecular weight is 554 g/mol. The first-order valence-corrected chi connectivity index (χ1v) is 13.2. The zero-order valence-corrected chi connectivity index (χ0v) is 21.5. The molecule has 1 aliphatic carbocycles. The van der Waals surface area contributed by atoms with Crippen molar-refractivity contribution < 1.29 is 9.21 Å². The van der Waals surface area contributed by atoms with Crippen LogP contribution < -0.4 is 5.32 Å². The minimum Gasteiger partial charge on any atom is -0.447 e. The lowest BCUT2D eigenvalue weighted by Gasteiger charge is -2.12. The average Bonchev–Trinajstić information content (AvgIpc) is 3.38. The van der Waals surface area contributed by atoms with E-state index in [2.05, 4.69) is 41.2 Å². The number of aliphatic imine (C=N–C) groups is 1. The number of pyridine rings is 1. The quantitative estimate of drug-likeness (QED) is 0.212. The Labute approximate surface area is 213 Å². The van der Waals surface area contributed by atoms with Crippen molar-refractivity contribution in [3.8, 4) is 0 Å². The van der Waals surface area contributed by atoms with Gasteiger partial charge in [0.1, 0.15) is 10.8 Å². The molecule has 0 aliphatic heterocycles. The topological polar surface area (TPSA) is 93.3 Å². The number of hydrogen-bond donors (Lipinski definition) is 1. The monoisotopic (exact) mass is 553 g/mol. The van der Waals surface area contributed by atoms with Crippen molar-refractivity contribution in [1.29, 1.82) is 0 Å². The molecule has 7 nitrogen and oxygen atoms in total. The number of halogens is 1. The predicted octanol–water partition coefficient (Wildman–Crippen LogP) is 6.63. The van der Waals surface area contributed by atoms with Crippen LogP contribution in [0.3, 0.4) is 0 Å². The Kier molecular flexibility index (Phi) is 6.89. The van der Waals surface area contributed by atoms with Gasteiger partial charge < -0.3 is 9.73 Å². The zero-order valence-electron chi connectivity index (χ0n) is 18.2. The number of nitrogens with one attached hydrogen (secondary N) is 1. The van der Waals surface area contributed by atoms with E-state index in [1.165, 1.54) is 16.6 Å². The van der Waals surface area contributed by atoms with E-state index < -0.39 is 0 Å². The summed E-state index contributed by atoms with van der Waals surface area (Å²) in [5.74, 6) is 0.417. The van der Waals surface area contributed by atoms with Gasteiger partial charge >= 0.3 is 0 Å². The molecule has 0 bridgehead atoms. The molecule has 0 saturated carbocycles. The van der Waals surface area contributed by atoms with E-state index in [4.69, 9.17) is 4.42 Å². The molecule has 0 atom stereocenters. The van der Waals surface area contributed by atoms with Crippen molar-refractivity contribution in [2.45, 2.75) is 42.9 Å². The Morgan fingerprint density at radius 2 is 2.18 bits per heavy atom. The SMILES string of the molecule is Cc1ccnc(Sc2oc(C=Nc3sc4c(c3C(=O)Nc3cccnc3)CCCC4)cc2Br)n1. The summed E-state index contributed by atoms with van der Waals surface area (Å²) in [6.45, 7) is 1.92.